The lowest BCUT2D eigenvalue weighted by Crippen LogP contribution is -2.24. The highest BCUT2D eigenvalue weighted by Crippen LogP contribution is 2.25. The summed E-state index contributed by atoms with van der Waals surface area (Å²) in [5.41, 5.74) is 5.54. The molecule has 2 aromatic carbocycles. The molecule has 3 heteroatoms. The van der Waals surface area contributed by atoms with Gasteiger partial charge in [0.15, 0.2) is 0 Å². The maximum atomic E-state index is 4.73. The molecule has 0 aliphatic rings. The molecule has 0 heterocycles. The Kier molecular flexibility index (Phi) is 7.80. The number of nitrogens with zero attached hydrogens (tertiary/aromatic N) is 2. The second-order valence-electron chi connectivity index (χ2n) is 5.97. The molecule has 0 saturated carbocycles. The highest BCUT2D eigenvalue weighted by molar-refractivity contribution is 7.97. The van der Waals surface area contributed by atoms with Gasteiger partial charge in [-0.05, 0) is 24.8 Å². The normalized spacial score (nSPS) is 11.4. The van der Waals surface area contributed by atoms with Gasteiger partial charge in [-0.2, -0.15) is 0 Å². The second-order valence-corrected chi connectivity index (χ2v) is 6.52. The molecule has 0 saturated heterocycles. The van der Waals surface area contributed by atoms with E-state index in [-0.39, 0.29) is 0 Å². The van der Waals surface area contributed by atoms with Crippen molar-refractivity contribution in [3.63, 3.8) is 0 Å². The summed E-state index contributed by atoms with van der Waals surface area (Å²) in [7, 11) is 0. The van der Waals surface area contributed by atoms with Crippen LogP contribution in [0.15, 0.2) is 65.6 Å². The fourth-order valence-electron chi connectivity index (χ4n) is 2.98. The Morgan fingerprint density at radius 3 is 2.04 bits per heavy atom. The zero-order valence-electron chi connectivity index (χ0n) is 15.5. The molecule has 0 bridgehead atoms. The summed E-state index contributed by atoms with van der Waals surface area (Å²) in [5, 5.41) is 0. The molecule has 0 spiro atoms. The summed E-state index contributed by atoms with van der Waals surface area (Å²) < 4.78 is 4.73. The van der Waals surface area contributed by atoms with Crippen molar-refractivity contribution in [2.45, 2.75) is 26.7 Å². The highest BCUT2D eigenvalue weighted by atomic mass is 32.2. The summed E-state index contributed by atoms with van der Waals surface area (Å²) in [4.78, 5) is 2.39. The predicted molar refractivity (Wildman–Crippen MR) is 113 cm³/mol. The van der Waals surface area contributed by atoms with E-state index in [0.717, 1.165) is 48.5 Å². The fraction of sp³-hybridized carbons (Fsp3) is 0.318. The fourth-order valence-corrected chi connectivity index (χ4v) is 3.36. The highest BCUT2D eigenvalue weighted by Gasteiger charge is 2.16. The molecule has 2 aromatic rings. The molecule has 0 aliphatic heterocycles. The Labute approximate surface area is 156 Å². The summed E-state index contributed by atoms with van der Waals surface area (Å²) >= 11 is 1.49. The van der Waals surface area contributed by atoms with Gasteiger partial charge in [0.1, 0.15) is 0 Å². The Morgan fingerprint density at radius 1 is 0.920 bits per heavy atom. The Hall–Kier alpha value is -2.00. The molecule has 2 nitrogen and oxygen atoms in total. The van der Waals surface area contributed by atoms with E-state index in [1.54, 1.807) is 0 Å². The molecule has 0 aliphatic carbocycles. The van der Waals surface area contributed by atoms with Gasteiger partial charge in [-0.15, -0.1) is 0 Å². The van der Waals surface area contributed by atoms with E-state index < -0.39 is 0 Å². The smallest absolute Gasteiger partial charge is 0.0864 e. The van der Waals surface area contributed by atoms with Crippen LogP contribution in [-0.2, 0) is 0 Å². The average Bonchev–Trinajstić information content (AvgIpc) is 2.66. The van der Waals surface area contributed by atoms with Crippen LogP contribution in [0.1, 0.15) is 43.4 Å². The van der Waals surface area contributed by atoms with Crippen molar-refractivity contribution in [2.75, 3.05) is 19.3 Å². The van der Waals surface area contributed by atoms with Crippen LogP contribution < -0.4 is 0 Å². The minimum atomic E-state index is 1.01. The van der Waals surface area contributed by atoms with E-state index in [0.29, 0.717) is 0 Å². The molecule has 0 amide bonds. The van der Waals surface area contributed by atoms with E-state index in [4.69, 9.17) is 4.40 Å². The second kappa shape index (κ2) is 10.1. The molecule has 0 unspecified atom stereocenters. The molecular weight excluding hydrogens is 324 g/mol. The number of rotatable bonds is 9. The monoisotopic (exact) mass is 352 g/mol. The molecule has 0 radical (unpaired) electrons. The quantitative estimate of drug-likeness (QED) is 0.413. The lowest BCUT2D eigenvalue weighted by Gasteiger charge is -2.27. The third-order valence-corrected chi connectivity index (χ3v) is 4.46. The number of benzene rings is 2. The first kappa shape index (κ1) is 19.3. The van der Waals surface area contributed by atoms with Crippen LogP contribution in [0, 0.1) is 0 Å². The van der Waals surface area contributed by atoms with Gasteiger partial charge < -0.3 is 4.90 Å². The van der Waals surface area contributed by atoms with Crippen LogP contribution >= 0.6 is 11.9 Å². The predicted octanol–water partition coefficient (Wildman–Crippen LogP) is 5.89. The van der Waals surface area contributed by atoms with Crippen LogP contribution in [-0.4, -0.2) is 30.0 Å². The molecule has 0 N–H and O–H groups in total. The Balaban J connectivity index is 2.49. The van der Waals surface area contributed by atoms with Crippen molar-refractivity contribution in [3.05, 3.63) is 77.9 Å². The van der Waals surface area contributed by atoms with Crippen LogP contribution in [0.25, 0.3) is 5.70 Å². The third kappa shape index (κ3) is 4.99. The zero-order chi connectivity index (χ0) is 18.1. The van der Waals surface area contributed by atoms with Crippen molar-refractivity contribution in [3.8, 4) is 0 Å². The maximum Gasteiger partial charge on any atom is 0.0864 e. The van der Waals surface area contributed by atoms with E-state index in [1.807, 2.05) is 12.3 Å². The molecular formula is C22H28N2S. The van der Waals surface area contributed by atoms with Crippen molar-refractivity contribution < 1.29 is 0 Å². The largest absolute Gasteiger partial charge is 0.372 e. The van der Waals surface area contributed by atoms with Crippen molar-refractivity contribution in [2.24, 2.45) is 4.40 Å². The molecule has 0 fully saturated rings. The average molecular weight is 353 g/mol. The lowest BCUT2D eigenvalue weighted by atomic mass is 9.95. The lowest BCUT2D eigenvalue weighted by molar-refractivity contribution is 0.397. The van der Waals surface area contributed by atoms with Gasteiger partial charge in [0, 0.05) is 41.7 Å². The van der Waals surface area contributed by atoms with Gasteiger partial charge in [-0.3, -0.25) is 0 Å². The minimum Gasteiger partial charge on any atom is -0.372 e. The number of hydrogen-bond donors (Lipinski definition) is 0. The van der Waals surface area contributed by atoms with Gasteiger partial charge in [0.2, 0.25) is 0 Å². The maximum absolute atomic E-state index is 4.73. The van der Waals surface area contributed by atoms with E-state index in [9.17, 15) is 0 Å². The Morgan fingerprint density at radius 2 is 1.48 bits per heavy atom. The van der Waals surface area contributed by atoms with Crippen LogP contribution in [0.2, 0.25) is 0 Å². The van der Waals surface area contributed by atoms with Gasteiger partial charge in [-0.1, -0.05) is 75.0 Å². The van der Waals surface area contributed by atoms with Gasteiger partial charge in [0.05, 0.1) is 5.71 Å². The van der Waals surface area contributed by atoms with Gasteiger partial charge >= 0.3 is 0 Å². The van der Waals surface area contributed by atoms with Crippen LogP contribution in [0.5, 0.6) is 0 Å². The molecule has 132 valence electrons. The molecule has 0 aromatic heterocycles. The Bertz CT molecular complexity index is 701. The standard InChI is InChI=1S/C22H28N2S/c1-5-16-24(17-6-2)18(3)20-14-10-11-15-21(20)22(23-25-4)19-12-8-7-9-13-19/h7-15H,3,5-6,16-17H2,1-2,4H3. The van der Waals surface area contributed by atoms with Crippen LogP contribution in [0.3, 0.4) is 0 Å². The van der Waals surface area contributed by atoms with Gasteiger partial charge in [0.25, 0.3) is 0 Å². The topological polar surface area (TPSA) is 15.6 Å². The summed E-state index contributed by atoms with van der Waals surface area (Å²) in [6.45, 7) is 10.9. The minimum absolute atomic E-state index is 1.01. The number of hydrogen-bond acceptors (Lipinski definition) is 3. The first-order valence-electron chi connectivity index (χ1n) is 8.93. The first-order valence-corrected chi connectivity index (χ1v) is 10.1. The van der Waals surface area contributed by atoms with Crippen molar-refractivity contribution in [1.29, 1.82) is 0 Å². The molecule has 0 atom stereocenters. The van der Waals surface area contributed by atoms with Gasteiger partial charge in [-0.25, -0.2) is 4.40 Å². The summed E-state index contributed by atoms with van der Waals surface area (Å²) in [6, 6.07) is 18.9. The van der Waals surface area contributed by atoms with E-state index in [2.05, 4.69) is 73.9 Å². The summed E-state index contributed by atoms with van der Waals surface area (Å²) in [6.07, 6.45) is 4.23. The SMILES string of the molecule is C=C(c1ccccc1C(=NSC)c1ccccc1)N(CCC)CCC. The third-order valence-electron chi connectivity index (χ3n) is 4.09. The van der Waals surface area contributed by atoms with E-state index >= 15 is 0 Å². The summed E-state index contributed by atoms with van der Waals surface area (Å²) in [5.74, 6) is 0. The zero-order valence-corrected chi connectivity index (χ0v) is 16.4. The molecule has 2 rings (SSSR count). The van der Waals surface area contributed by atoms with E-state index in [1.165, 1.54) is 17.5 Å². The first-order chi connectivity index (χ1) is 12.2. The molecule has 25 heavy (non-hydrogen) atoms. The van der Waals surface area contributed by atoms with Crippen molar-refractivity contribution >= 4 is 23.4 Å². The van der Waals surface area contributed by atoms with Crippen LogP contribution in [0.4, 0.5) is 0 Å². The van der Waals surface area contributed by atoms with Crippen molar-refractivity contribution in [1.82, 2.24) is 4.90 Å².